The first-order chi connectivity index (χ1) is 20.1. The second kappa shape index (κ2) is 12.4. The summed E-state index contributed by atoms with van der Waals surface area (Å²) in [5.74, 6) is -0.766. The molecular formula is C32H31ClN2O5S2. The number of primary amides is 1. The summed E-state index contributed by atoms with van der Waals surface area (Å²) in [5, 5.41) is 0.577. The van der Waals surface area contributed by atoms with Crippen LogP contribution in [0.3, 0.4) is 0 Å². The van der Waals surface area contributed by atoms with E-state index in [1.54, 1.807) is 4.90 Å². The molecule has 218 valence electrons. The normalized spacial score (nSPS) is 15.0. The molecule has 10 heteroatoms. The topological polar surface area (TPSA) is 118 Å². The predicted molar refractivity (Wildman–Crippen MR) is 167 cm³/mol. The van der Waals surface area contributed by atoms with E-state index in [4.69, 9.17) is 21.9 Å². The smallest absolute Gasteiger partial charge is 0.264 e. The monoisotopic (exact) mass is 622 g/mol. The molecule has 1 aliphatic rings. The summed E-state index contributed by atoms with van der Waals surface area (Å²) >= 11 is 7.98. The van der Waals surface area contributed by atoms with Gasteiger partial charge in [-0.25, -0.2) is 0 Å². The van der Waals surface area contributed by atoms with Crippen molar-refractivity contribution >= 4 is 44.9 Å². The van der Waals surface area contributed by atoms with Crippen molar-refractivity contribution in [3.8, 4) is 21.6 Å². The van der Waals surface area contributed by atoms with E-state index in [1.807, 2.05) is 84.9 Å². The minimum absolute atomic E-state index is 0.104. The number of halogens is 1. The number of hydrogen-bond acceptors (Lipinski definition) is 5. The van der Waals surface area contributed by atoms with Gasteiger partial charge in [0.15, 0.2) is 0 Å². The molecule has 1 saturated heterocycles. The molecule has 1 fully saturated rings. The van der Waals surface area contributed by atoms with E-state index in [9.17, 15) is 18.0 Å². The highest BCUT2D eigenvalue weighted by Crippen LogP contribution is 2.43. The summed E-state index contributed by atoms with van der Waals surface area (Å²) < 4.78 is 31.1. The number of likely N-dealkylation sites (tertiary alicyclic amines) is 1. The Morgan fingerprint density at radius 3 is 2.19 bits per heavy atom. The lowest BCUT2D eigenvalue weighted by atomic mass is 9.72. The third kappa shape index (κ3) is 6.44. The maximum absolute atomic E-state index is 13.8. The van der Waals surface area contributed by atoms with Gasteiger partial charge >= 0.3 is 0 Å². The van der Waals surface area contributed by atoms with Crippen LogP contribution in [0.5, 0.6) is 0 Å². The third-order valence-electron chi connectivity index (χ3n) is 7.90. The molecule has 0 saturated carbocycles. The number of nitrogens with zero attached hydrogens (tertiary/aromatic N) is 1. The number of thiophene rings is 1. The van der Waals surface area contributed by atoms with Crippen molar-refractivity contribution in [2.45, 2.75) is 31.1 Å². The predicted octanol–water partition coefficient (Wildman–Crippen LogP) is 6.22. The maximum atomic E-state index is 13.8. The first kappa shape index (κ1) is 30.0. The molecule has 2 heterocycles. The van der Waals surface area contributed by atoms with Crippen LogP contribution in [0, 0.1) is 0 Å². The van der Waals surface area contributed by atoms with E-state index in [1.165, 1.54) is 11.3 Å². The summed E-state index contributed by atoms with van der Waals surface area (Å²) in [6.45, 7) is 0.813. The van der Waals surface area contributed by atoms with Crippen LogP contribution in [0.25, 0.3) is 21.6 Å². The fourth-order valence-electron chi connectivity index (χ4n) is 5.55. The Balaban J connectivity index is 1.41. The Labute approximate surface area is 254 Å². The van der Waals surface area contributed by atoms with E-state index >= 15 is 0 Å². The second-order valence-electron chi connectivity index (χ2n) is 10.5. The lowest BCUT2D eigenvalue weighted by Gasteiger charge is -2.40. The molecular weight excluding hydrogens is 592 g/mol. The van der Waals surface area contributed by atoms with Crippen molar-refractivity contribution in [2.75, 3.05) is 18.8 Å². The van der Waals surface area contributed by atoms with Crippen molar-refractivity contribution in [3.63, 3.8) is 0 Å². The van der Waals surface area contributed by atoms with Gasteiger partial charge in [0.05, 0.1) is 16.0 Å². The van der Waals surface area contributed by atoms with Crippen LogP contribution in [0.2, 0.25) is 5.02 Å². The highest BCUT2D eigenvalue weighted by Gasteiger charge is 2.42. The van der Waals surface area contributed by atoms with Crippen LogP contribution < -0.4 is 5.73 Å². The fourth-order valence-corrected chi connectivity index (χ4v) is 7.53. The minimum atomic E-state index is -4.00. The molecule has 1 aromatic heterocycles. The zero-order valence-corrected chi connectivity index (χ0v) is 25.2. The van der Waals surface area contributed by atoms with Crippen molar-refractivity contribution in [1.82, 2.24) is 4.90 Å². The molecule has 0 aliphatic carbocycles. The van der Waals surface area contributed by atoms with Crippen LogP contribution in [-0.2, 0) is 26.7 Å². The number of benzene rings is 3. The van der Waals surface area contributed by atoms with Gasteiger partial charge in [0.2, 0.25) is 5.91 Å². The molecule has 0 atom stereocenters. The SMILES string of the molecule is NC(=O)C1(c2ccccc2)CCN(C(=O)c2cc(-c3ccc(CCCS(=O)(=O)O)cc3)c(-c3ccccc3Cl)s2)CC1. The van der Waals surface area contributed by atoms with Gasteiger partial charge in [0, 0.05) is 34.1 Å². The Morgan fingerprint density at radius 1 is 0.929 bits per heavy atom. The van der Waals surface area contributed by atoms with Crippen molar-refractivity contribution in [2.24, 2.45) is 5.73 Å². The molecule has 3 aromatic carbocycles. The Hall–Kier alpha value is -3.50. The van der Waals surface area contributed by atoms with Gasteiger partial charge in [-0.05, 0) is 54.5 Å². The number of aryl methyl sites for hydroxylation is 1. The Morgan fingerprint density at radius 2 is 1.57 bits per heavy atom. The number of nitrogens with two attached hydrogens (primary N) is 1. The average molecular weight is 623 g/mol. The van der Waals surface area contributed by atoms with Crippen molar-refractivity contribution in [1.29, 1.82) is 0 Å². The summed E-state index contributed by atoms with van der Waals surface area (Å²) in [7, 11) is -4.00. The first-order valence-electron chi connectivity index (χ1n) is 13.7. The Bertz CT molecular complexity index is 1690. The van der Waals surface area contributed by atoms with E-state index in [0.717, 1.165) is 32.7 Å². The average Bonchev–Trinajstić information content (AvgIpc) is 3.42. The number of hydrogen-bond donors (Lipinski definition) is 2. The van der Waals surface area contributed by atoms with Crippen LogP contribution in [0.1, 0.15) is 40.1 Å². The van der Waals surface area contributed by atoms with E-state index in [-0.39, 0.29) is 17.6 Å². The lowest BCUT2D eigenvalue weighted by Crippen LogP contribution is -2.51. The summed E-state index contributed by atoms with van der Waals surface area (Å²) in [6.07, 6.45) is 1.73. The molecule has 0 bridgehead atoms. The molecule has 7 nitrogen and oxygen atoms in total. The zero-order valence-electron chi connectivity index (χ0n) is 22.8. The van der Waals surface area contributed by atoms with Gasteiger partial charge in [0.1, 0.15) is 0 Å². The molecule has 0 unspecified atom stereocenters. The quantitative estimate of drug-likeness (QED) is 0.215. The molecule has 3 N–H and O–H groups in total. The van der Waals surface area contributed by atoms with Gasteiger partial charge in [-0.15, -0.1) is 11.3 Å². The molecule has 0 radical (unpaired) electrons. The molecule has 2 amide bonds. The largest absolute Gasteiger partial charge is 0.369 e. The van der Waals surface area contributed by atoms with Crippen molar-refractivity contribution in [3.05, 3.63) is 106 Å². The number of amides is 2. The number of rotatable bonds is 9. The second-order valence-corrected chi connectivity index (χ2v) is 13.6. The molecule has 4 aromatic rings. The summed E-state index contributed by atoms with van der Waals surface area (Å²) in [4.78, 5) is 29.6. The lowest BCUT2D eigenvalue weighted by molar-refractivity contribution is -0.125. The van der Waals surface area contributed by atoms with Crippen LogP contribution >= 0.6 is 22.9 Å². The molecule has 1 aliphatic heterocycles. The number of carbonyl (C=O) groups excluding carboxylic acids is 2. The summed E-state index contributed by atoms with van der Waals surface area (Å²) in [6, 6.07) is 26.7. The van der Waals surface area contributed by atoms with E-state index in [2.05, 4.69) is 0 Å². The maximum Gasteiger partial charge on any atom is 0.264 e. The van der Waals surface area contributed by atoms with Crippen LogP contribution in [0.15, 0.2) is 84.9 Å². The Kier molecular flexibility index (Phi) is 8.84. The first-order valence-corrected chi connectivity index (χ1v) is 16.5. The fraction of sp³-hybridized carbons (Fsp3) is 0.250. The third-order valence-corrected chi connectivity index (χ3v) is 10.2. The van der Waals surface area contributed by atoms with Crippen molar-refractivity contribution < 1.29 is 22.6 Å². The number of carbonyl (C=O) groups is 2. The van der Waals surface area contributed by atoms with Gasteiger partial charge in [0.25, 0.3) is 16.0 Å². The molecule has 0 spiro atoms. The van der Waals surface area contributed by atoms with Crippen LogP contribution in [0.4, 0.5) is 0 Å². The molecule has 42 heavy (non-hydrogen) atoms. The van der Waals surface area contributed by atoms with Crippen LogP contribution in [-0.4, -0.2) is 48.5 Å². The number of piperidine rings is 1. The zero-order chi connectivity index (χ0) is 29.9. The molecule has 5 rings (SSSR count). The standard InChI is InChI=1S/C32H31ClN2O5S2/c33-27-11-5-4-10-25(27)29-26(23-14-12-22(13-15-23)7-6-20-42(38,39)40)21-28(41-29)30(36)35-18-16-32(17-19-35,31(34)37)24-8-2-1-3-9-24/h1-5,8-15,21H,6-7,16-20H2,(H2,34,37)(H,38,39,40). The van der Waals surface area contributed by atoms with Gasteiger partial charge in [-0.2, -0.15) is 8.42 Å². The highest BCUT2D eigenvalue weighted by molar-refractivity contribution is 7.85. The summed E-state index contributed by atoms with van der Waals surface area (Å²) in [5.41, 5.74) is 9.51. The van der Waals surface area contributed by atoms with E-state index < -0.39 is 15.5 Å². The minimum Gasteiger partial charge on any atom is -0.369 e. The van der Waals surface area contributed by atoms with Gasteiger partial charge < -0.3 is 10.6 Å². The highest BCUT2D eigenvalue weighted by atomic mass is 35.5. The van der Waals surface area contributed by atoms with E-state index in [0.29, 0.717) is 48.7 Å². The van der Waals surface area contributed by atoms with Gasteiger partial charge in [-0.1, -0.05) is 84.4 Å². The van der Waals surface area contributed by atoms with Gasteiger partial charge in [-0.3, -0.25) is 14.1 Å².